The van der Waals surface area contributed by atoms with Crippen LogP contribution in [0.5, 0.6) is 0 Å². The fraction of sp³-hybridized carbons (Fsp3) is 0.417. The molecule has 0 saturated carbocycles. The van der Waals surface area contributed by atoms with Gasteiger partial charge in [-0.3, -0.25) is 4.79 Å². The van der Waals surface area contributed by atoms with Crippen LogP contribution in [0.25, 0.3) is 0 Å². The molecule has 0 bridgehead atoms. The summed E-state index contributed by atoms with van der Waals surface area (Å²) >= 11 is 0. The molecule has 3 nitrogen and oxygen atoms in total. The summed E-state index contributed by atoms with van der Waals surface area (Å²) in [6.07, 6.45) is 0.942. The Morgan fingerprint density at radius 3 is 2.40 bits per heavy atom. The van der Waals surface area contributed by atoms with E-state index >= 15 is 0 Å². The van der Waals surface area contributed by atoms with E-state index in [4.69, 9.17) is 5.11 Å². The van der Waals surface area contributed by atoms with Crippen molar-refractivity contribution in [1.29, 1.82) is 0 Å². The van der Waals surface area contributed by atoms with Crippen molar-refractivity contribution in [3.8, 4) is 0 Å². The first kappa shape index (κ1) is 11.7. The first-order valence-corrected chi connectivity index (χ1v) is 5.12. The molecule has 0 fully saturated rings. The number of carboxylic acid groups (broad SMARTS) is 1. The van der Waals surface area contributed by atoms with Gasteiger partial charge in [0.15, 0.2) is 0 Å². The molecule has 0 radical (unpaired) electrons. The van der Waals surface area contributed by atoms with Gasteiger partial charge >= 0.3 is 5.97 Å². The lowest BCUT2D eigenvalue weighted by molar-refractivity contribution is -0.139. The second-order valence-corrected chi connectivity index (χ2v) is 3.61. The molecule has 1 unspecified atom stereocenters. The van der Waals surface area contributed by atoms with Crippen molar-refractivity contribution in [2.24, 2.45) is 0 Å². The van der Waals surface area contributed by atoms with E-state index in [0.29, 0.717) is 5.56 Å². The van der Waals surface area contributed by atoms with Gasteiger partial charge in [-0.15, -0.1) is 0 Å². The normalized spacial score (nSPS) is 12.4. The second-order valence-electron chi connectivity index (χ2n) is 3.61. The predicted octanol–water partition coefficient (Wildman–Crippen LogP) is 2.15. The van der Waals surface area contributed by atoms with E-state index in [1.807, 2.05) is 12.1 Å². The highest BCUT2D eigenvalue weighted by molar-refractivity contribution is 5.67. The van der Waals surface area contributed by atoms with Crippen LogP contribution in [0.4, 0.5) is 0 Å². The van der Waals surface area contributed by atoms with Crippen LogP contribution in [-0.2, 0) is 11.2 Å². The Hall–Kier alpha value is -1.35. The van der Waals surface area contributed by atoms with Gasteiger partial charge in [0.2, 0.25) is 0 Å². The minimum absolute atomic E-state index is 0.243. The van der Waals surface area contributed by atoms with Gasteiger partial charge in [0.05, 0.1) is 12.5 Å². The first-order valence-electron chi connectivity index (χ1n) is 5.12. The summed E-state index contributed by atoms with van der Waals surface area (Å²) in [6, 6.07) is 7.45. The minimum atomic E-state index is -0.986. The Balaban J connectivity index is 2.66. The van der Waals surface area contributed by atoms with Gasteiger partial charge in [-0.25, -0.2) is 0 Å². The number of aliphatic carboxylic acids is 1. The summed E-state index contributed by atoms with van der Waals surface area (Å²) in [5, 5.41) is 18.1. The molecule has 3 heteroatoms. The monoisotopic (exact) mass is 208 g/mol. The van der Waals surface area contributed by atoms with Crippen molar-refractivity contribution in [2.75, 3.05) is 0 Å². The lowest BCUT2D eigenvalue weighted by Crippen LogP contribution is -2.05. The number of carboxylic acids is 1. The van der Waals surface area contributed by atoms with Crippen molar-refractivity contribution in [3.05, 3.63) is 35.4 Å². The number of carbonyl (C=O) groups is 1. The van der Waals surface area contributed by atoms with Crippen molar-refractivity contribution < 1.29 is 15.0 Å². The molecular weight excluding hydrogens is 192 g/mol. The van der Waals surface area contributed by atoms with Gasteiger partial charge in [-0.1, -0.05) is 37.6 Å². The maximum Gasteiger partial charge on any atom is 0.306 e. The Morgan fingerprint density at radius 1 is 1.33 bits per heavy atom. The molecule has 1 aromatic rings. The van der Waals surface area contributed by atoms with Gasteiger partial charge in [0, 0.05) is 0 Å². The zero-order chi connectivity index (χ0) is 11.3. The smallest absolute Gasteiger partial charge is 0.306 e. The largest absolute Gasteiger partial charge is 0.481 e. The average molecular weight is 208 g/mol. The predicted molar refractivity (Wildman–Crippen MR) is 57.6 cm³/mol. The van der Waals surface area contributed by atoms with Crippen LogP contribution < -0.4 is 0 Å². The summed E-state index contributed by atoms with van der Waals surface area (Å²) in [5.41, 5.74) is 1.88. The van der Waals surface area contributed by atoms with Gasteiger partial charge in [0.1, 0.15) is 0 Å². The molecule has 0 aliphatic heterocycles. The molecule has 2 N–H and O–H groups in total. The third-order valence-electron chi connectivity index (χ3n) is 2.27. The number of aliphatic hydroxyl groups excluding tert-OH is 1. The number of rotatable bonds is 5. The zero-order valence-corrected chi connectivity index (χ0v) is 8.81. The van der Waals surface area contributed by atoms with Crippen LogP contribution in [0.3, 0.4) is 0 Å². The summed E-state index contributed by atoms with van der Waals surface area (Å²) in [7, 11) is 0. The molecule has 0 heterocycles. The maximum atomic E-state index is 10.4. The van der Waals surface area contributed by atoms with Crippen LogP contribution in [0.1, 0.15) is 37.0 Å². The van der Waals surface area contributed by atoms with E-state index < -0.39 is 12.1 Å². The highest BCUT2D eigenvalue weighted by atomic mass is 16.4. The Bertz CT molecular complexity index is 316. The van der Waals surface area contributed by atoms with Gasteiger partial charge in [0.25, 0.3) is 0 Å². The molecule has 15 heavy (non-hydrogen) atoms. The maximum absolute atomic E-state index is 10.4. The third-order valence-corrected chi connectivity index (χ3v) is 2.27. The van der Waals surface area contributed by atoms with Gasteiger partial charge in [-0.2, -0.15) is 0 Å². The number of hydrogen-bond donors (Lipinski definition) is 2. The quantitative estimate of drug-likeness (QED) is 0.779. The molecule has 0 aromatic heterocycles. The molecule has 1 atom stereocenters. The lowest BCUT2D eigenvalue weighted by Gasteiger charge is -2.08. The Morgan fingerprint density at radius 2 is 1.93 bits per heavy atom. The highest BCUT2D eigenvalue weighted by Gasteiger charge is 2.11. The lowest BCUT2D eigenvalue weighted by atomic mass is 10.0. The summed E-state index contributed by atoms with van der Waals surface area (Å²) in [4.78, 5) is 10.4. The fourth-order valence-corrected chi connectivity index (χ4v) is 1.48. The van der Waals surface area contributed by atoms with Crippen LogP contribution in [0.2, 0.25) is 0 Å². The standard InChI is InChI=1S/C12H16O3/c1-2-3-9-4-6-10(7-5-9)11(13)8-12(14)15/h4-7,11,13H,2-3,8H2,1H3,(H,14,15). The number of aryl methyl sites for hydroxylation is 1. The average Bonchev–Trinajstić information content (AvgIpc) is 2.18. The van der Waals surface area contributed by atoms with Crippen molar-refractivity contribution >= 4 is 5.97 Å². The molecule has 0 saturated heterocycles. The van der Waals surface area contributed by atoms with Crippen LogP contribution in [0, 0.1) is 0 Å². The van der Waals surface area contributed by atoms with Crippen molar-refractivity contribution in [2.45, 2.75) is 32.3 Å². The van der Waals surface area contributed by atoms with Crippen LogP contribution >= 0.6 is 0 Å². The van der Waals surface area contributed by atoms with E-state index in [1.165, 1.54) is 5.56 Å². The SMILES string of the molecule is CCCc1ccc(C(O)CC(=O)O)cc1. The van der Waals surface area contributed by atoms with Crippen molar-refractivity contribution in [1.82, 2.24) is 0 Å². The van der Waals surface area contributed by atoms with Gasteiger partial charge in [-0.05, 0) is 17.5 Å². The molecular formula is C12H16O3. The zero-order valence-electron chi connectivity index (χ0n) is 8.81. The molecule has 1 rings (SSSR count). The number of aliphatic hydroxyl groups is 1. The van der Waals surface area contributed by atoms with Crippen molar-refractivity contribution in [3.63, 3.8) is 0 Å². The fourth-order valence-electron chi connectivity index (χ4n) is 1.48. The summed E-state index contributed by atoms with van der Waals surface area (Å²) in [5.74, 6) is -0.986. The number of hydrogen-bond acceptors (Lipinski definition) is 2. The van der Waals surface area contributed by atoms with E-state index in [2.05, 4.69) is 6.92 Å². The van der Waals surface area contributed by atoms with E-state index in [9.17, 15) is 9.90 Å². The first-order chi connectivity index (χ1) is 7.13. The second kappa shape index (κ2) is 5.51. The molecule has 82 valence electrons. The van der Waals surface area contributed by atoms with E-state index in [-0.39, 0.29) is 6.42 Å². The third kappa shape index (κ3) is 3.72. The molecule has 0 aliphatic rings. The molecule has 0 aliphatic carbocycles. The topological polar surface area (TPSA) is 57.5 Å². The van der Waals surface area contributed by atoms with Gasteiger partial charge < -0.3 is 10.2 Å². The van der Waals surface area contributed by atoms with E-state index in [1.54, 1.807) is 12.1 Å². The summed E-state index contributed by atoms with van der Waals surface area (Å²) in [6.45, 7) is 2.10. The van der Waals surface area contributed by atoms with Crippen LogP contribution in [-0.4, -0.2) is 16.2 Å². The van der Waals surface area contributed by atoms with Crippen LogP contribution in [0.15, 0.2) is 24.3 Å². The molecule has 1 aromatic carbocycles. The number of benzene rings is 1. The van der Waals surface area contributed by atoms with E-state index in [0.717, 1.165) is 12.8 Å². The Kier molecular flexibility index (Phi) is 4.31. The molecule has 0 amide bonds. The Labute approximate surface area is 89.4 Å². The summed E-state index contributed by atoms with van der Waals surface area (Å²) < 4.78 is 0. The minimum Gasteiger partial charge on any atom is -0.481 e. The highest BCUT2D eigenvalue weighted by Crippen LogP contribution is 2.17. The molecule has 0 spiro atoms.